The Morgan fingerprint density at radius 1 is 0.955 bits per heavy atom. The maximum Gasteiger partial charge on any atom is 0.339 e. The number of fused-ring (bicyclic) bond motifs is 2. The van der Waals surface area contributed by atoms with E-state index >= 15 is 0 Å². The van der Waals surface area contributed by atoms with E-state index in [9.17, 15) is 23.6 Å². The van der Waals surface area contributed by atoms with E-state index in [4.69, 9.17) is 32.9 Å². The van der Waals surface area contributed by atoms with Gasteiger partial charge in [0.2, 0.25) is 17.6 Å². The van der Waals surface area contributed by atoms with Gasteiger partial charge in [0, 0.05) is 28.8 Å². The van der Waals surface area contributed by atoms with Gasteiger partial charge in [0.25, 0.3) is 0 Å². The number of Topliss-reactive ketones (excluding diaryl/α,β-unsaturated/α-hetero) is 1. The Labute approximate surface area is 262 Å². The van der Waals surface area contributed by atoms with Crippen LogP contribution in [0.15, 0.2) is 84.9 Å². The Balaban J connectivity index is 1.32. The molecule has 10 heteroatoms. The molecule has 1 saturated heterocycles. The first-order valence-electron chi connectivity index (χ1n) is 14.1. The number of hydrogen-bond donors (Lipinski definition) is 0. The third-order valence-electron chi connectivity index (χ3n) is 7.98. The number of carbonyl (C=O) groups is 4. The lowest BCUT2D eigenvalue weighted by atomic mass is 9.85. The summed E-state index contributed by atoms with van der Waals surface area (Å²) in [4.78, 5) is 58.8. The first-order chi connectivity index (χ1) is 21.3. The van der Waals surface area contributed by atoms with Crippen molar-refractivity contribution in [2.45, 2.75) is 25.4 Å². The predicted octanol–water partition coefficient (Wildman–Crippen LogP) is 7.19. The van der Waals surface area contributed by atoms with Crippen LogP contribution in [-0.4, -0.2) is 40.5 Å². The van der Waals surface area contributed by atoms with Gasteiger partial charge in [0.15, 0.2) is 6.10 Å². The molecule has 0 radical (unpaired) electrons. The number of imide groups is 1. The van der Waals surface area contributed by atoms with Crippen LogP contribution in [0.25, 0.3) is 22.2 Å². The van der Waals surface area contributed by atoms with Crippen LogP contribution in [0.1, 0.15) is 40.0 Å². The van der Waals surface area contributed by atoms with Gasteiger partial charge in [-0.2, -0.15) is 0 Å². The Morgan fingerprint density at radius 2 is 1.61 bits per heavy atom. The van der Waals surface area contributed by atoms with Gasteiger partial charge in [-0.1, -0.05) is 48.0 Å². The number of aromatic nitrogens is 1. The fourth-order valence-electron chi connectivity index (χ4n) is 5.70. The number of hydrogen-bond acceptors (Lipinski definition) is 6. The van der Waals surface area contributed by atoms with E-state index in [0.29, 0.717) is 45.7 Å². The van der Waals surface area contributed by atoms with E-state index in [1.165, 1.54) is 17.0 Å². The second-order valence-electron chi connectivity index (χ2n) is 10.6. The molecule has 4 aromatic rings. The van der Waals surface area contributed by atoms with Crippen molar-refractivity contribution in [3.8, 4) is 11.3 Å². The van der Waals surface area contributed by atoms with Crippen molar-refractivity contribution in [3.63, 3.8) is 0 Å². The predicted molar refractivity (Wildman–Crippen MR) is 165 cm³/mol. The van der Waals surface area contributed by atoms with Gasteiger partial charge in [-0.15, -0.1) is 11.6 Å². The number of ether oxygens (including phenoxy) is 1. The molecule has 2 amide bonds. The Kier molecular flexibility index (Phi) is 8.29. The molecule has 1 fully saturated rings. The third kappa shape index (κ3) is 5.51. The SMILES string of the molecule is O=C(OC(CCCl)C(=O)c1ccc(F)cc1)c1cc(-c2ccc(N3C(=O)C4CC=CCC4C3=O)cc2)nc2c(Cl)cccc12. The van der Waals surface area contributed by atoms with Crippen molar-refractivity contribution in [2.75, 3.05) is 10.8 Å². The van der Waals surface area contributed by atoms with Crippen molar-refractivity contribution in [1.29, 1.82) is 0 Å². The van der Waals surface area contributed by atoms with E-state index in [1.54, 1.807) is 48.5 Å². The van der Waals surface area contributed by atoms with Crippen LogP contribution < -0.4 is 4.90 Å². The van der Waals surface area contributed by atoms with Crippen LogP contribution in [0, 0.1) is 17.7 Å². The van der Waals surface area contributed by atoms with Crippen LogP contribution >= 0.6 is 23.2 Å². The van der Waals surface area contributed by atoms with Gasteiger partial charge in [-0.25, -0.2) is 14.2 Å². The normalized spacial score (nSPS) is 18.4. The van der Waals surface area contributed by atoms with Crippen molar-refractivity contribution < 1.29 is 28.3 Å². The minimum atomic E-state index is -1.20. The highest BCUT2D eigenvalue weighted by molar-refractivity contribution is 6.35. The second-order valence-corrected chi connectivity index (χ2v) is 11.4. The summed E-state index contributed by atoms with van der Waals surface area (Å²) in [6.45, 7) is 0. The number of ketones is 1. The maximum atomic E-state index is 13.6. The number of benzene rings is 3. The summed E-state index contributed by atoms with van der Waals surface area (Å²) in [5.41, 5.74) is 2.11. The number of halogens is 3. The highest BCUT2D eigenvalue weighted by Crippen LogP contribution is 2.38. The molecule has 1 aliphatic carbocycles. The molecule has 3 atom stereocenters. The van der Waals surface area contributed by atoms with Crippen molar-refractivity contribution >= 4 is 63.4 Å². The molecule has 0 spiro atoms. The van der Waals surface area contributed by atoms with Crippen molar-refractivity contribution in [3.05, 3.63) is 107 Å². The van der Waals surface area contributed by atoms with Crippen LogP contribution in [0.4, 0.5) is 10.1 Å². The molecule has 1 aromatic heterocycles. The Bertz CT molecular complexity index is 1800. The molecule has 2 aliphatic rings. The van der Waals surface area contributed by atoms with Gasteiger partial charge in [-0.05, 0) is 61.4 Å². The van der Waals surface area contributed by atoms with Crippen LogP contribution in [0.5, 0.6) is 0 Å². The summed E-state index contributed by atoms with van der Waals surface area (Å²) in [7, 11) is 0. The van der Waals surface area contributed by atoms with Crippen molar-refractivity contribution in [1.82, 2.24) is 4.98 Å². The van der Waals surface area contributed by atoms with Crippen LogP contribution in [0.2, 0.25) is 5.02 Å². The topological polar surface area (TPSA) is 93.6 Å². The highest BCUT2D eigenvalue weighted by Gasteiger charge is 2.47. The largest absolute Gasteiger partial charge is 0.450 e. The lowest BCUT2D eigenvalue weighted by Crippen LogP contribution is -2.30. The summed E-state index contributed by atoms with van der Waals surface area (Å²) in [6.07, 6.45) is 3.82. The molecule has 2 heterocycles. The quantitative estimate of drug-likeness (QED) is 0.0672. The van der Waals surface area contributed by atoms with Gasteiger partial charge in [-0.3, -0.25) is 19.3 Å². The number of allylic oxidation sites excluding steroid dienone is 2. The summed E-state index contributed by atoms with van der Waals surface area (Å²) < 4.78 is 19.1. The van der Waals surface area contributed by atoms with Gasteiger partial charge in [0.05, 0.1) is 39.3 Å². The van der Waals surface area contributed by atoms with Gasteiger partial charge in [0.1, 0.15) is 5.82 Å². The molecule has 0 bridgehead atoms. The summed E-state index contributed by atoms with van der Waals surface area (Å²) in [6, 6.07) is 18.3. The minimum Gasteiger partial charge on any atom is -0.450 e. The number of nitrogens with zero attached hydrogens (tertiary/aromatic N) is 2. The van der Waals surface area contributed by atoms with E-state index < -0.39 is 23.7 Å². The van der Waals surface area contributed by atoms with E-state index in [-0.39, 0.29) is 47.1 Å². The molecule has 1 aliphatic heterocycles. The summed E-state index contributed by atoms with van der Waals surface area (Å²) in [5.74, 6) is -2.85. The fraction of sp³-hybridized carbons (Fsp3) is 0.206. The zero-order valence-corrected chi connectivity index (χ0v) is 24.7. The molecule has 44 heavy (non-hydrogen) atoms. The third-order valence-corrected chi connectivity index (χ3v) is 8.50. The average molecular weight is 631 g/mol. The Morgan fingerprint density at radius 3 is 2.25 bits per heavy atom. The average Bonchev–Trinajstić information content (AvgIpc) is 3.30. The fourth-order valence-corrected chi connectivity index (χ4v) is 6.12. The first kappa shape index (κ1) is 29.7. The van der Waals surface area contributed by atoms with Crippen LogP contribution in [0.3, 0.4) is 0 Å². The standard InChI is InChI=1S/C34H25Cl2FN2O5/c35-17-16-29(31(40)20-8-12-21(37)13-9-20)44-34(43)26-18-28(38-30-23(26)6-3-7-27(30)36)19-10-14-22(15-11-19)39-32(41)24-4-1-2-5-25(24)33(39)42/h1-3,6-15,18,24-25,29H,4-5,16-17H2. The smallest absolute Gasteiger partial charge is 0.339 e. The van der Waals surface area contributed by atoms with Gasteiger partial charge < -0.3 is 4.74 Å². The number of anilines is 1. The molecule has 3 aromatic carbocycles. The molecule has 6 rings (SSSR count). The summed E-state index contributed by atoms with van der Waals surface area (Å²) >= 11 is 12.4. The number of para-hydroxylation sites is 1. The number of rotatable bonds is 8. The number of esters is 1. The molecule has 0 saturated carbocycles. The van der Waals surface area contributed by atoms with Crippen LogP contribution in [-0.2, 0) is 14.3 Å². The number of amides is 2. The van der Waals surface area contributed by atoms with E-state index in [2.05, 4.69) is 0 Å². The Hall–Kier alpha value is -4.40. The molecule has 7 nitrogen and oxygen atoms in total. The van der Waals surface area contributed by atoms with Crippen molar-refractivity contribution in [2.24, 2.45) is 11.8 Å². The lowest BCUT2D eigenvalue weighted by molar-refractivity contribution is -0.122. The highest BCUT2D eigenvalue weighted by atomic mass is 35.5. The lowest BCUT2D eigenvalue weighted by Gasteiger charge is -2.18. The second kappa shape index (κ2) is 12.3. The molecular weight excluding hydrogens is 606 g/mol. The number of alkyl halides is 1. The summed E-state index contributed by atoms with van der Waals surface area (Å²) in [5, 5.41) is 0.727. The number of carbonyl (C=O) groups excluding carboxylic acids is 4. The van der Waals surface area contributed by atoms with E-state index in [0.717, 1.165) is 12.1 Å². The molecular formula is C34H25Cl2FN2O5. The molecule has 0 N–H and O–H groups in total. The monoisotopic (exact) mass is 630 g/mol. The van der Waals surface area contributed by atoms with E-state index in [1.807, 2.05) is 12.2 Å². The zero-order chi connectivity index (χ0) is 31.0. The first-order valence-corrected chi connectivity index (χ1v) is 15.0. The zero-order valence-electron chi connectivity index (χ0n) is 23.2. The minimum absolute atomic E-state index is 0.0471. The molecule has 3 unspecified atom stereocenters. The van der Waals surface area contributed by atoms with Gasteiger partial charge >= 0.3 is 5.97 Å². The maximum absolute atomic E-state index is 13.6. The molecule has 222 valence electrons. The number of pyridine rings is 1.